The second kappa shape index (κ2) is 17.2. The third kappa shape index (κ3) is 7.00. The predicted molar refractivity (Wildman–Crippen MR) is 236 cm³/mol. The van der Waals surface area contributed by atoms with Gasteiger partial charge in [0.25, 0.3) is 0 Å². The lowest BCUT2D eigenvalue weighted by molar-refractivity contribution is -0.183. The van der Waals surface area contributed by atoms with Crippen LogP contribution in [0.1, 0.15) is 88.4 Å². The molecular formula is C51H51N3O14. The molecule has 0 bridgehead atoms. The molecule has 6 aliphatic rings. The van der Waals surface area contributed by atoms with Crippen LogP contribution in [-0.4, -0.2) is 140 Å². The number of carbonyl (C=O) groups is 10. The molecule has 6 aliphatic carbocycles. The van der Waals surface area contributed by atoms with Crippen molar-refractivity contribution in [2.24, 2.45) is 53.1 Å². The zero-order chi connectivity index (χ0) is 49.6. The van der Waals surface area contributed by atoms with E-state index in [9.17, 15) is 68.4 Å². The molecule has 8 rings (SSSR count). The number of aromatic hydroxyl groups is 2. The van der Waals surface area contributed by atoms with Gasteiger partial charge in [0.2, 0.25) is 5.91 Å². The second-order valence-corrected chi connectivity index (χ2v) is 19.6. The minimum atomic E-state index is -2.82. The molecule has 0 radical (unpaired) electrons. The highest BCUT2D eigenvalue weighted by molar-refractivity contribution is 6.34. The van der Waals surface area contributed by atoms with Gasteiger partial charge in [-0.1, -0.05) is 23.7 Å². The molecule has 0 aliphatic heterocycles. The third-order valence-corrected chi connectivity index (χ3v) is 15.3. The quantitative estimate of drug-likeness (QED) is 0.140. The smallest absolute Gasteiger partial charge is 0.235 e. The van der Waals surface area contributed by atoms with Gasteiger partial charge in [0.05, 0.1) is 35.0 Å². The maximum atomic E-state index is 14.1. The fraction of sp³-hybridized carbons (Fsp3) is 0.490. The Hall–Kier alpha value is -6.50. The van der Waals surface area contributed by atoms with Crippen LogP contribution < -0.4 is 5.73 Å². The number of fused-ring (bicyclic) bond motifs is 6. The van der Waals surface area contributed by atoms with E-state index in [4.69, 9.17) is 5.73 Å². The van der Waals surface area contributed by atoms with Crippen LogP contribution in [0, 0.1) is 71.0 Å². The van der Waals surface area contributed by atoms with Crippen molar-refractivity contribution in [3.63, 3.8) is 0 Å². The van der Waals surface area contributed by atoms with E-state index in [-0.39, 0.29) is 42.6 Å². The van der Waals surface area contributed by atoms with Crippen LogP contribution in [0.5, 0.6) is 11.5 Å². The van der Waals surface area contributed by atoms with Crippen LogP contribution in [0.4, 0.5) is 0 Å². The van der Waals surface area contributed by atoms with Gasteiger partial charge in [-0.2, -0.15) is 0 Å². The highest BCUT2D eigenvalue weighted by Crippen LogP contribution is 2.53. The number of nitrogens with two attached hydrogens (primary N) is 1. The van der Waals surface area contributed by atoms with Crippen molar-refractivity contribution in [3.8, 4) is 35.2 Å². The van der Waals surface area contributed by atoms with Gasteiger partial charge in [-0.3, -0.25) is 57.7 Å². The van der Waals surface area contributed by atoms with Crippen LogP contribution in [-0.2, 0) is 51.2 Å². The topological polar surface area (TPSA) is 284 Å². The molecular weight excluding hydrogens is 879 g/mol. The zero-order valence-electron chi connectivity index (χ0n) is 38.1. The Balaban J connectivity index is 0.960. The molecule has 17 nitrogen and oxygen atoms in total. The van der Waals surface area contributed by atoms with Crippen molar-refractivity contribution in [1.29, 1.82) is 0 Å². The van der Waals surface area contributed by atoms with Gasteiger partial charge in [0, 0.05) is 35.8 Å². The molecule has 68 heavy (non-hydrogen) atoms. The molecule has 2 aromatic rings. The van der Waals surface area contributed by atoms with Crippen molar-refractivity contribution in [3.05, 3.63) is 57.6 Å². The minimum Gasteiger partial charge on any atom is -0.507 e. The molecule has 1 amide bonds. The van der Waals surface area contributed by atoms with Crippen molar-refractivity contribution in [2.75, 3.05) is 28.2 Å². The van der Waals surface area contributed by atoms with E-state index in [0.29, 0.717) is 47.9 Å². The molecule has 0 saturated heterocycles. The molecule has 0 spiro atoms. The predicted octanol–water partition coefficient (Wildman–Crippen LogP) is 0.115. The summed E-state index contributed by atoms with van der Waals surface area (Å²) in [5.41, 5.74) is 1.23. The first-order valence-electron chi connectivity index (χ1n) is 22.6. The summed E-state index contributed by atoms with van der Waals surface area (Å²) in [5, 5.41) is 45.4. The number of benzene rings is 2. The molecule has 0 heterocycles. The number of ketones is 9. The first-order valence-corrected chi connectivity index (χ1v) is 22.6. The summed E-state index contributed by atoms with van der Waals surface area (Å²) in [5.74, 6) is -9.30. The Morgan fingerprint density at radius 2 is 1.01 bits per heavy atom. The van der Waals surface area contributed by atoms with E-state index < -0.39 is 134 Å². The van der Waals surface area contributed by atoms with Crippen molar-refractivity contribution < 1.29 is 68.4 Å². The Morgan fingerprint density at radius 3 is 1.38 bits per heavy atom. The highest BCUT2D eigenvalue weighted by atomic mass is 16.3. The first-order chi connectivity index (χ1) is 32.0. The molecule has 6 N–H and O–H groups in total. The lowest BCUT2D eigenvalue weighted by atomic mass is 9.52. The summed E-state index contributed by atoms with van der Waals surface area (Å²) in [4.78, 5) is 138. The van der Waals surface area contributed by atoms with Gasteiger partial charge in [-0.25, -0.2) is 0 Å². The largest absolute Gasteiger partial charge is 0.507 e. The Kier molecular flexibility index (Phi) is 12.2. The van der Waals surface area contributed by atoms with E-state index in [2.05, 4.69) is 23.7 Å². The number of primary amides is 1. The van der Waals surface area contributed by atoms with Gasteiger partial charge >= 0.3 is 0 Å². The zero-order valence-corrected chi connectivity index (χ0v) is 38.1. The fourth-order valence-corrected chi connectivity index (χ4v) is 12.3. The fourth-order valence-electron chi connectivity index (χ4n) is 12.3. The average Bonchev–Trinajstić information content (AvgIpc) is 3.25. The van der Waals surface area contributed by atoms with Crippen molar-refractivity contribution >= 4 is 58.0 Å². The number of hydrogen-bond donors (Lipinski definition) is 5. The normalized spacial score (nSPS) is 32.7. The van der Waals surface area contributed by atoms with Gasteiger partial charge in [-0.05, 0) is 121 Å². The van der Waals surface area contributed by atoms with E-state index >= 15 is 0 Å². The number of carbonyl (C=O) groups excluding carboxylic acids is 10. The molecule has 0 aromatic heterocycles. The SMILES string of the molecule is CC(=O)C1C(=O)C(N(C)C)C2CC3Cc4c(C#CCCCCC#Cc5ccc(O)c6c5CC5CC7C(N(C)C)C(=O)C(C(N)=O)C(=O)C7(O)C(=O)C5C6=O)ccc(O)c4C(=O)C3C(=O)C2(O)C1=O. The molecule has 2 aromatic carbocycles. The monoisotopic (exact) mass is 929 g/mol. The van der Waals surface area contributed by atoms with E-state index in [1.54, 1.807) is 26.2 Å². The lowest BCUT2D eigenvalue weighted by Crippen LogP contribution is -2.74. The number of nitrogens with zero attached hydrogens (tertiary/aromatic N) is 2. The van der Waals surface area contributed by atoms with Gasteiger partial charge < -0.3 is 26.2 Å². The number of rotatable bonds is 7. The summed E-state index contributed by atoms with van der Waals surface area (Å²) >= 11 is 0. The number of unbranched alkanes of at least 4 members (excludes halogenated alkanes) is 3. The Morgan fingerprint density at radius 1 is 0.632 bits per heavy atom. The number of amides is 1. The lowest BCUT2D eigenvalue weighted by Gasteiger charge is -2.52. The maximum absolute atomic E-state index is 14.1. The van der Waals surface area contributed by atoms with E-state index in [1.807, 2.05) is 0 Å². The standard InChI is InChI=1S/C51H51N3O14/c1-22(55)33-43(60)39(53(2)3)29-20-25-18-27-23(14-16-31(56)36(27)41(58)34(25)46(63)50(29,67)45(33)62)12-10-8-6-7-9-11-13-24-15-17-32(57)37-28(24)19-26-21-30-40(54(4)5)44(61)38(49(52)66)48(65)51(30,68)47(64)35(26)42(37)59/h14-17,25-26,29-30,33-35,38-40,56-57,67-68H,6-9,18-21H2,1-5H3,(H2,52,66). The van der Waals surface area contributed by atoms with Crippen LogP contribution in [0.15, 0.2) is 24.3 Å². The Labute approximate surface area is 390 Å². The number of aliphatic hydroxyl groups is 2. The van der Waals surface area contributed by atoms with Gasteiger partial charge in [0.1, 0.15) is 23.2 Å². The van der Waals surface area contributed by atoms with E-state index in [0.717, 1.165) is 6.92 Å². The van der Waals surface area contributed by atoms with Crippen LogP contribution in [0.2, 0.25) is 0 Å². The summed E-state index contributed by atoms with van der Waals surface area (Å²) < 4.78 is 0. The van der Waals surface area contributed by atoms with Crippen LogP contribution in [0.25, 0.3) is 0 Å². The highest BCUT2D eigenvalue weighted by Gasteiger charge is 2.71. The second-order valence-electron chi connectivity index (χ2n) is 19.6. The molecule has 12 atom stereocenters. The number of likely N-dealkylation sites (N-methyl/N-ethyl adjacent to an activating group) is 2. The molecule has 4 saturated carbocycles. The molecule has 17 heteroatoms. The number of hydrogen-bond acceptors (Lipinski definition) is 16. The first kappa shape index (κ1) is 48.0. The van der Waals surface area contributed by atoms with Crippen molar-refractivity contribution in [1.82, 2.24) is 9.80 Å². The summed E-state index contributed by atoms with van der Waals surface area (Å²) in [6, 6.07) is 3.33. The number of Topliss-reactive ketones (excluding diaryl/α,β-unsaturated/α-hetero) is 9. The molecule has 354 valence electrons. The summed E-state index contributed by atoms with van der Waals surface area (Å²) in [7, 11) is 6.13. The van der Waals surface area contributed by atoms with Gasteiger partial charge in [0.15, 0.2) is 63.4 Å². The Bertz CT molecular complexity index is 2630. The van der Waals surface area contributed by atoms with Crippen LogP contribution in [0.3, 0.4) is 0 Å². The van der Waals surface area contributed by atoms with Crippen LogP contribution >= 0.6 is 0 Å². The number of phenols is 2. The summed E-state index contributed by atoms with van der Waals surface area (Å²) in [6.07, 6.45) is 2.03. The van der Waals surface area contributed by atoms with E-state index in [1.165, 1.54) is 36.0 Å². The minimum absolute atomic E-state index is 0.0526. The average molecular weight is 930 g/mol. The summed E-state index contributed by atoms with van der Waals surface area (Å²) in [6.45, 7) is 1.04. The maximum Gasteiger partial charge on any atom is 0.235 e. The third-order valence-electron chi connectivity index (χ3n) is 15.3. The van der Waals surface area contributed by atoms with Gasteiger partial charge in [-0.15, -0.1) is 0 Å². The molecule has 12 unspecified atom stereocenters. The van der Waals surface area contributed by atoms with Crippen molar-refractivity contribution in [2.45, 2.75) is 81.6 Å². The molecule has 4 fully saturated rings. The number of phenolic OH excluding ortho intramolecular Hbond substituents is 2.